The van der Waals surface area contributed by atoms with Gasteiger partial charge in [0.15, 0.2) is 0 Å². The summed E-state index contributed by atoms with van der Waals surface area (Å²) in [6, 6.07) is 4.06. The zero-order valence-electron chi connectivity index (χ0n) is 21.0. The monoisotopic (exact) mass is 521 g/mol. The summed E-state index contributed by atoms with van der Waals surface area (Å²) in [6.07, 6.45) is 5.60. The minimum atomic E-state index is -0.149. The smallest absolute Gasteiger partial charge is 0.226 e. The van der Waals surface area contributed by atoms with Crippen molar-refractivity contribution >= 4 is 49.9 Å². The van der Waals surface area contributed by atoms with E-state index >= 15 is 0 Å². The Balaban J connectivity index is 1.32. The number of carbonyl (C=O) groups is 1. The molecule has 1 aromatic carbocycles. The van der Waals surface area contributed by atoms with Gasteiger partial charge in [-0.15, -0.1) is 11.3 Å². The van der Waals surface area contributed by atoms with E-state index in [1.807, 2.05) is 24.0 Å². The number of aromatic nitrogens is 4. The number of nitrogens with two attached hydrogens (primary N) is 1. The zero-order valence-corrected chi connectivity index (χ0v) is 21.8. The van der Waals surface area contributed by atoms with Crippen molar-refractivity contribution in [2.75, 3.05) is 31.6 Å². The maximum Gasteiger partial charge on any atom is 0.226 e. The first-order valence-electron chi connectivity index (χ1n) is 12.8. The van der Waals surface area contributed by atoms with Gasteiger partial charge < -0.3 is 25.4 Å². The molecule has 1 saturated heterocycles. The van der Waals surface area contributed by atoms with Gasteiger partial charge >= 0.3 is 0 Å². The number of morpholine rings is 1. The minimum absolute atomic E-state index is 0.00766. The van der Waals surface area contributed by atoms with Gasteiger partial charge in [-0.25, -0.2) is 9.97 Å². The number of amides is 1. The summed E-state index contributed by atoms with van der Waals surface area (Å²) < 4.78 is 11.7. The summed E-state index contributed by atoms with van der Waals surface area (Å²) in [6.45, 7) is 6.29. The van der Waals surface area contributed by atoms with E-state index in [0.29, 0.717) is 32.1 Å². The van der Waals surface area contributed by atoms with Crippen molar-refractivity contribution in [2.45, 2.75) is 45.3 Å². The Labute approximate surface area is 218 Å². The number of hydrogen-bond acceptors (Lipinski definition) is 9. The molecule has 10 nitrogen and oxygen atoms in total. The average Bonchev–Trinajstić information content (AvgIpc) is 3.52. The molecule has 0 bridgehead atoms. The summed E-state index contributed by atoms with van der Waals surface area (Å²) in [7, 11) is 0. The van der Waals surface area contributed by atoms with E-state index < -0.39 is 0 Å². The van der Waals surface area contributed by atoms with Crippen LogP contribution in [0.25, 0.3) is 21.1 Å². The van der Waals surface area contributed by atoms with Gasteiger partial charge in [0, 0.05) is 35.3 Å². The number of ether oxygens (including phenoxy) is 2. The van der Waals surface area contributed by atoms with Crippen LogP contribution in [0.5, 0.6) is 5.75 Å². The molecule has 0 radical (unpaired) electrons. The van der Waals surface area contributed by atoms with Crippen molar-refractivity contribution in [1.82, 2.24) is 25.1 Å². The number of aryl methyl sites for hydroxylation is 1. The summed E-state index contributed by atoms with van der Waals surface area (Å²) in [5.41, 5.74) is 8.74. The van der Waals surface area contributed by atoms with Crippen molar-refractivity contribution in [2.24, 2.45) is 11.7 Å². The lowest BCUT2D eigenvalue weighted by Crippen LogP contribution is -2.50. The van der Waals surface area contributed by atoms with Gasteiger partial charge in [-0.3, -0.25) is 9.89 Å². The number of rotatable bonds is 6. The lowest BCUT2D eigenvalue weighted by Gasteiger charge is -2.36. The number of carbonyl (C=O) groups excluding carboxylic acids is 1. The minimum Gasteiger partial charge on any atom is -0.487 e. The van der Waals surface area contributed by atoms with Gasteiger partial charge in [0.2, 0.25) is 5.91 Å². The predicted molar refractivity (Wildman–Crippen MR) is 143 cm³/mol. The summed E-state index contributed by atoms with van der Waals surface area (Å²) in [4.78, 5) is 26.7. The molecular weight excluding hydrogens is 490 g/mol. The molecule has 194 valence electrons. The van der Waals surface area contributed by atoms with Gasteiger partial charge in [-0.05, 0) is 44.7 Å². The molecule has 1 aliphatic heterocycles. The fourth-order valence-corrected chi connectivity index (χ4v) is 6.53. The molecule has 0 spiro atoms. The number of benzene rings is 1. The Morgan fingerprint density at radius 2 is 2.30 bits per heavy atom. The largest absolute Gasteiger partial charge is 0.487 e. The van der Waals surface area contributed by atoms with E-state index in [9.17, 15) is 4.79 Å². The molecule has 1 fully saturated rings. The Kier molecular flexibility index (Phi) is 6.43. The van der Waals surface area contributed by atoms with Crippen LogP contribution in [0.15, 0.2) is 24.7 Å². The van der Waals surface area contributed by atoms with Gasteiger partial charge in [-0.1, -0.05) is 0 Å². The lowest BCUT2D eigenvalue weighted by atomic mass is 9.86. The van der Waals surface area contributed by atoms with E-state index in [4.69, 9.17) is 15.2 Å². The molecule has 0 unspecified atom stereocenters. The van der Waals surface area contributed by atoms with Crippen LogP contribution in [0, 0.1) is 5.92 Å². The highest BCUT2D eigenvalue weighted by Crippen LogP contribution is 2.42. The third-order valence-electron chi connectivity index (χ3n) is 7.30. The molecular formula is C26H31N7O3S. The Hall–Kier alpha value is -3.28. The molecule has 3 atom stereocenters. The van der Waals surface area contributed by atoms with Crippen molar-refractivity contribution in [1.29, 1.82) is 0 Å². The van der Waals surface area contributed by atoms with Crippen molar-refractivity contribution in [3.63, 3.8) is 0 Å². The number of aromatic amines is 1. The first-order chi connectivity index (χ1) is 18.0. The van der Waals surface area contributed by atoms with Crippen LogP contribution >= 0.6 is 11.3 Å². The van der Waals surface area contributed by atoms with E-state index in [-0.39, 0.29) is 24.0 Å². The highest BCUT2D eigenvalue weighted by atomic mass is 32.1. The second kappa shape index (κ2) is 9.88. The van der Waals surface area contributed by atoms with Gasteiger partial charge in [0.05, 0.1) is 42.0 Å². The maximum atomic E-state index is 13.3. The topological polar surface area (TPSA) is 131 Å². The van der Waals surface area contributed by atoms with Crippen LogP contribution in [-0.4, -0.2) is 69.4 Å². The number of nitrogens with one attached hydrogen (secondary N) is 2. The third-order valence-corrected chi connectivity index (χ3v) is 8.46. The van der Waals surface area contributed by atoms with E-state index in [1.54, 1.807) is 23.9 Å². The second-order valence-corrected chi connectivity index (χ2v) is 11.0. The van der Waals surface area contributed by atoms with Crippen LogP contribution < -0.4 is 15.8 Å². The summed E-state index contributed by atoms with van der Waals surface area (Å²) in [5, 5.41) is 12.7. The van der Waals surface area contributed by atoms with Crippen molar-refractivity contribution in [3.05, 3.63) is 35.1 Å². The number of anilines is 2. The molecule has 2 aliphatic rings. The van der Waals surface area contributed by atoms with Gasteiger partial charge in [0.25, 0.3) is 0 Å². The van der Waals surface area contributed by atoms with Crippen LogP contribution in [0.2, 0.25) is 0 Å². The Bertz CT molecular complexity index is 1450. The highest BCUT2D eigenvalue weighted by Gasteiger charge is 2.34. The SMILES string of the molecule is C[C@@H](CN)Oc1cc2[nH]ncc2cc1Nc1ncnc2sc3c(c12)CC[C@H](C(=O)N1CCOC[C@@H]1C)C3. The highest BCUT2D eigenvalue weighted by molar-refractivity contribution is 7.19. The molecule has 4 N–H and O–H groups in total. The molecule has 4 aromatic rings. The number of thiophene rings is 1. The molecule has 11 heteroatoms. The molecule has 37 heavy (non-hydrogen) atoms. The fourth-order valence-electron chi connectivity index (χ4n) is 5.26. The zero-order chi connectivity index (χ0) is 25.5. The number of hydrogen-bond donors (Lipinski definition) is 3. The summed E-state index contributed by atoms with van der Waals surface area (Å²) >= 11 is 1.67. The molecule has 0 saturated carbocycles. The molecule has 3 aromatic heterocycles. The van der Waals surface area contributed by atoms with E-state index in [2.05, 4.69) is 32.4 Å². The first kappa shape index (κ1) is 24.1. The van der Waals surface area contributed by atoms with Crippen molar-refractivity contribution in [3.8, 4) is 5.75 Å². The second-order valence-electron chi connectivity index (χ2n) is 9.90. The molecule has 1 aliphatic carbocycles. The number of nitrogens with zero attached hydrogens (tertiary/aromatic N) is 4. The molecule has 4 heterocycles. The quantitative estimate of drug-likeness (QED) is 0.352. The Morgan fingerprint density at radius 1 is 1.41 bits per heavy atom. The van der Waals surface area contributed by atoms with Crippen molar-refractivity contribution < 1.29 is 14.3 Å². The average molecular weight is 522 g/mol. The number of fused-ring (bicyclic) bond motifs is 4. The predicted octanol–water partition coefficient (Wildman–Crippen LogP) is 3.39. The first-order valence-corrected chi connectivity index (χ1v) is 13.6. The van der Waals surface area contributed by atoms with Crippen LogP contribution in [0.4, 0.5) is 11.5 Å². The Morgan fingerprint density at radius 3 is 3.14 bits per heavy atom. The van der Waals surface area contributed by atoms with E-state index in [0.717, 1.165) is 51.9 Å². The standard InChI is InChI=1S/C26H31N7O3S/c1-14-12-35-6-5-33(14)26(34)16-3-4-18-22(8-16)37-25-23(18)24(28-13-29-25)31-20-7-17-11-30-32-19(17)9-21(20)36-15(2)10-27/h7,9,11,13-16H,3-6,8,10,12,27H2,1-2H3,(H,30,32)(H,28,29,31)/t14-,15-,16-/m0/s1. The maximum absolute atomic E-state index is 13.3. The van der Waals surface area contributed by atoms with Crippen LogP contribution in [0.3, 0.4) is 0 Å². The van der Waals surface area contributed by atoms with Crippen LogP contribution in [0.1, 0.15) is 30.7 Å². The molecule has 6 rings (SSSR count). The third kappa shape index (κ3) is 4.51. The van der Waals surface area contributed by atoms with Crippen LogP contribution in [-0.2, 0) is 22.4 Å². The van der Waals surface area contributed by atoms with E-state index in [1.165, 1.54) is 10.4 Å². The molecule has 1 amide bonds. The lowest BCUT2D eigenvalue weighted by molar-refractivity contribution is -0.143. The van der Waals surface area contributed by atoms with Gasteiger partial charge in [-0.2, -0.15) is 5.10 Å². The summed E-state index contributed by atoms with van der Waals surface area (Å²) in [5.74, 6) is 1.65. The fraction of sp³-hybridized carbons (Fsp3) is 0.462. The van der Waals surface area contributed by atoms with Gasteiger partial charge in [0.1, 0.15) is 28.8 Å². The number of H-pyrrole nitrogens is 1. The normalized spacial score (nSPS) is 20.7.